The molecule has 0 amide bonds. The van der Waals surface area contributed by atoms with Crippen molar-refractivity contribution >= 4 is 0 Å². The van der Waals surface area contributed by atoms with Crippen molar-refractivity contribution in [2.75, 3.05) is 0 Å². The van der Waals surface area contributed by atoms with Crippen molar-refractivity contribution in [1.82, 2.24) is 0 Å². The van der Waals surface area contributed by atoms with E-state index < -0.39 is 0 Å². The summed E-state index contributed by atoms with van der Waals surface area (Å²) in [5, 5.41) is 17.3. The van der Waals surface area contributed by atoms with Crippen LogP contribution in [0.5, 0.6) is 11.5 Å². The van der Waals surface area contributed by atoms with Gasteiger partial charge in [-0.3, -0.25) is 0 Å². The van der Waals surface area contributed by atoms with Crippen LogP contribution in [0.15, 0.2) is 24.3 Å². The van der Waals surface area contributed by atoms with E-state index in [0.717, 1.165) is 0 Å². The average Bonchev–Trinajstić information content (AvgIpc) is 2.25. The lowest BCUT2D eigenvalue weighted by Crippen LogP contribution is -2.22. The van der Waals surface area contributed by atoms with Crippen molar-refractivity contribution < 1.29 is 10.2 Å². The molecule has 0 heterocycles. The Morgan fingerprint density at radius 1 is 0.867 bits per heavy atom. The van der Waals surface area contributed by atoms with E-state index in [1.165, 1.54) is 56.4 Å². The van der Waals surface area contributed by atoms with Crippen LogP contribution in [0.2, 0.25) is 0 Å². The molecule has 0 bridgehead atoms. The maximum atomic E-state index is 8.65. The van der Waals surface area contributed by atoms with E-state index in [-0.39, 0.29) is 11.5 Å². The summed E-state index contributed by atoms with van der Waals surface area (Å²) in [7, 11) is 0. The van der Waals surface area contributed by atoms with Crippen molar-refractivity contribution in [3.05, 3.63) is 24.3 Å². The van der Waals surface area contributed by atoms with Crippen LogP contribution in [-0.2, 0) is 0 Å². The molecular formula is C12H19NO2. The van der Waals surface area contributed by atoms with Gasteiger partial charge in [-0.2, -0.15) is 0 Å². The van der Waals surface area contributed by atoms with Crippen LogP contribution in [0, 0.1) is 0 Å². The molecule has 4 N–H and O–H groups in total. The predicted molar refractivity (Wildman–Crippen MR) is 60.8 cm³/mol. The number of phenols is 2. The summed E-state index contributed by atoms with van der Waals surface area (Å²) in [6.45, 7) is 0. The maximum absolute atomic E-state index is 8.65. The molecule has 0 aromatic heterocycles. The first-order valence-corrected chi connectivity index (χ1v) is 5.42. The van der Waals surface area contributed by atoms with E-state index in [9.17, 15) is 0 Å². The summed E-state index contributed by atoms with van der Waals surface area (Å²) >= 11 is 0. The average molecular weight is 209 g/mol. The van der Waals surface area contributed by atoms with Gasteiger partial charge in [0.05, 0.1) is 0 Å². The number of hydrogen-bond acceptors (Lipinski definition) is 3. The summed E-state index contributed by atoms with van der Waals surface area (Å²) in [5.41, 5.74) is 5.63. The van der Waals surface area contributed by atoms with Gasteiger partial charge >= 0.3 is 0 Å². The molecule has 15 heavy (non-hydrogen) atoms. The van der Waals surface area contributed by atoms with E-state index in [4.69, 9.17) is 15.9 Å². The largest absolute Gasteiger partial charge is 0.508 e. The molecule has 0 saturated heterocycles. The molecular weight excluding hydrogens is 190 g/mol. The Labute approximate surface area is 90.5 Å². The number of rotatable bonds is 0. The minimum absolute atomic E-state index is 0.169. The fraction of sp³-hybridized carbons (Fsp3) is 0.500. The predicted octanol–water partition coefficient (Wildman–Crippen LogP) is 2.38. The lowest BCUT2D eigenvalue weighted by molar-refractivity contribution is 0.441. The molecule has 0 unspecified atom stereocenters. The third kappa shape index (κ3) is 5.27. The second kappa shape index (κ2) is 6.30. The summed E-state index contributed by atoms with van der Waals surface area (Å²) in [6, 6.07) is 6.24. The van der Waals surface area contributed by atoms with Gasteiger partial charge in [-0.05, 0) is 37.1 Å². The molecule has 0 aliphatic heterocycles. The lowest BCUT2D eigenvalue weighted by Gasteiger charge is -2.15. The SMILES string of the molecule is NC1CCCCC1.Oc1ccc(O)cc1. The molecule has 1 aliphatic rings. The van der Waals surface area contributed by atoms with Gasteiger partial charge in [-0.1, -0.05) is 19.3 Å². The number of nitrogens with two attached hydrogens (primary N) is 1. The zero-order chi connectivity index (χ0) is 11.1. The van der Waals surface area contributed by atoms with Crippen LogP contribution in [-0.4, -0.2) is 16.3 Å². The summed E-state index contributed by atoms with van der Waals surface area (Å²) in [5.74, 6) is 0.339. The van der Waals surface area contributed by atoms with Gasteiger partial charge in [-0.15, -0.1) is 0 Å². The zero-order valence-corrected chi connectivity index (χ0v) is 8.89. The highest BCUT2D eigenvalue weighted by atomic mass is 16.3. The van der Waals surface area contributed by atoms with Crippen LogP contribution in [0.1, 0.15) is 32.1 Å². The first kappa shape index (κ1) is 11.9. The summed E-state index contributed by atoms with van der Waals surface area (Å²) in [4.78, 5) is 0. The van der Waals surface area contributed by atoms with Gasteiger partial charge in [0.15, 0.2) is 0 Å². The Kier molecular flexibility index (Phi) is 4.98. The lowest BCUT2D eigenvalue weighted by atomic mass is 9.97. The van der Waals surface area contributed by atoms with Crippen molar-refractivity contribution in [2.45, 2.75) is 38.1 Å². The minimum Gasteiger partial charge on any atom is -0.508 e. The quantitative estimate of drug-likeness (QED) is 0.575. The molecule has 2 rings (SSSR count). The maximum Gasteiger partial charge on any atom is 0.115 e. The Balaban J connectivity index is 0.000000151. The van der Waals surface area contributed by atoms with Crippen LogP contribution >= 0.6 is 0 Å². The number of aromatic hydroxyl groups is 2. The smallest absolute Gasteiger partial charge is 0.115 e. The zero-order valence-electron chi connectivity index (χ0n) is 8.89. The van der Waals surface area contributed by atoms with E-state index in [2.05, 4.69) is 0 Å². The molecule has 1 aromatic rings. The highest BCUT2D eigenvalue weighted by Crippen LogP contribution is 2.14. The molecule has 0 spiro atoms. The second-order valence-corrected chi connectivity index (χ2v) is 3.91. The fourth-order valence-corrected chi connectivity index (χ4v) is 1.59. The number of benzene rings is 1. The Bertz CT molecular complexity index is 244. The summed E-state index contributed by atoms with van der Waals surface area (Å²) < 4.78 is 0. The molecule has 1 aliphatic carbocycles. The third-order valence-corrected chi connectivity index (χ3v) is 2.50. The third-order valence-electron chi connectivity index (χ3n) is 2.50. The van der Waals surface area contributed by atoms with Gasteiger partial charge in [0, 0.05) is 6.04 Å². The first-order chi connectivity index (χ1) is 7.18. The first-order valence-electron chi connectivity index (χ1n) is 5.42. The van der Waals surface area contributed by atoms with E-state index in [1.54, 1.807) is 0 Å². The Morgan fingerprint density at radius 2 is 1.27 bits per heavy atom. The van der Waals surface area contributed by atoms with E-state index in [1.807, 2.05) is 0 Å². The van der Waals surface area contributed by atoms with Gasteiger partial charge < -0.3 is 15.9 Å². The topological polar surface area (TPSA) is 66.5 Å². The molecule has 3 nitrogen and oxygen atoms in total. The normalized spacial score (nSPS) is 16.6. The molecule has 0 atom stereocenters. The van der Waals surface area contributed by atoms with Crippen molar-refractivity contribution in [3.8, 4) is 11.5 Å². The van der Waals surface area contributed by atoms with Gasteiger partial charge in [0.2, 0.25) is 0 Å². The standard InChI is InChI=1S/C6H13N.C6H6O2/c7-6-4-2-1-3-5-6;7-5-1-2-6(8)4-3-5/h6H,1-5,7H2;1-4,7-8H. The molecule has 3 heteroatoms. The molecule has 1 fully saturated rings. The number of phenolic OH excluding ortho intramolecular Hbond substituents is 2. The fourth-order valence-electron chi connectivity index (χ4n) is 1.59. The summed E-state index contributed by atoms with van der Waals surface area (Å²) in [6.07, 6.45) is 6.66. The van der Waals surface area contributed by atoms with Crippen LogP contribution in [0.3, 0.4) is 0 Å². The molecule has 0 radical (unpaired) electrons. The van der Waals surface area contributed by atoms with Gasteiger partial charge in [0.1, 0.15) is 11.5 Å². The Hall–Kier alpha value is -1.22. The van der Waals surface area contributed by atoms with E-state index in [0.29, 0.717) is 6.04 Å². The molecule has 1 aromatic carbocycles. The van der Waals surface area contributed by atoms with E-state index >= 15 is 0 Å². The van der Waals surface area contributed by atoms with Crippen LogP contribution < -0.4 is 5.73 Å². The van der Waals surface area contributed by atoms with Crippen molar-refractivity contribution in [1.29, 1.82) is 0 Å². The van der Waals surface area contributed by atoms with Crippen LogP contribution in [0.4, 0.5) is 0 Å². The number of hydrogen-bond donors (Lipinski definition) is 3. The van der Waals surface area contributed by atoms with Crippen LogP contribution in [0.25, 0.3) is 0 Å². The van der Waals surface area contributed by atoms with Crippen molar-refractivity contribution in [2.24, 2.45) is 5.73 Å². The Morgan fingerprint density at radius 3 is 1.53 bits per heavy atom. The highest BCUT2D eigenvalue weighted by Gasteiger charge is 2.06. The monoisotopic (exact) mass is 209 g/mol. The van der Waals surface area contributed by atoms with Gasteiger partial charge in [-0.25, -0.2) is 0 Å². The minimum atomic E-state index is 0.169. The van der Waals surface area contributed by atoms with Crippen molar-refractivity contribution in [3.63, 3.8) is 0 Å². The molecule has 84 valence electrons. The molecule has 1 saturated carbocycles. The highest BCUT2D eigenvalue weighted by molar-refractivity contribution is 5.28. The van der Waals surface area contributed by atoms with Gasteiger partial charge in [0.25, 0.3) is 0 Å². The second-order valence-electron chi connectivity index (χ2n) is 3.91.